The average Bonchev–Trinajstić information content (AvgIpc) is 3.05. The lowest BCUT2D eigenvalue weighted by molar-refractivity contribution is 0.0285. The van der Waals surface area contributed by atoms with Crippen LogP contribution in [0.15, 0.2) is 33.8 Å². The molecule has 0 bridgehead atoms. The van der Waals surface area contributed by atoms with Crippen LogP contribution in [0, 0.1) is 13.8 Å². The topological polar surface area (TPSA) is 92.0 Å². The third-order valence-corrected chi connectivity index (χ3v) is 4.91. The zero-order valence-corrected chi connectivity index (χ0v) is 20.4. The monoisotopic (exact) mass is 443 g/mol. The molecular weight excluding hydrogens is 406 g/mol. The predicted octanol–water partition coefficient (Wildman–Crippen LogP) is 3.96. The first-order valence-corrected chi connectivity index (χ1v) is 11.0. The lowest BCUT2D eigenvalue weighted by Crippen LogP contribution is -2.37. The van der Waals surface area contributed by atoms with Crippen molar-refractivity contribution in [2.24, 2.45) is 4.99 Å². The first-order valence-electron chi connectivity index (χ1n) is 11.0. The normalized spacial score (nSPS) is 11.9. The number of ether oxygens (including phenoxy) is 1. The summed E-state index contributed by atoms with van der Waals surface area (Å²) in [6.45, 7) is 11.5. The average molecular weight is 444 g/mol. The Kier molecular flexibility index (Phi) is 9.11. The van der Waals surface area contributed by atoms with Crippen LogP contribution in [-0.4, -0.2) is 48.4 Å². The van der Waals surface area contributed by atoms with E-state index >= 15 is 0 Å². The van der Waals surface area contributed by atoms with Crippen LogP contribution in [0.3, 0.4) is 0 Å². The molecule has 2 rings (SSSR count). The molecule has 0 unspecified atom stereocenters. The van der Waals surface area contributed by atoms with E-state index in [9.17, 15) is 4.79 Å². The second kappa shape index (κ2) is 11.5. The molecule has 0 atom stereocenters. The van der Waals surface area contributed by atoms with Crippen molar-refractivity contribution in [2.45, 2.75) is 66.2 Å². The number of aryl methyl sites for hydroxylation is 2. The third-order valence-electron chi connectivity index (χ3n) is 4.91. The number of aliphatic imine (C=N–C) groups is 1. The third kappa shape index (κ3) is 8.24. The van der Waals surface area contributed by atoms with Gasteiger partial charge in [-0.2, -0.15) is 0 Å². The van der Waals surface area contributed by atoms with Crippen LogP contribution in [0.4, 0.5) is 4.79 Å². The van der Waals surface area contributed by atoms with Crippen LogP contribution in [0.25, 0.3) is 0 Å². The Morgan fingerprint density at radius 1 is 1.16 bits per heavy atom. The molecule has 0 aliphatic carbocycles. The van der Waals surface area contributed by atoms with Gasteiger partial charge in [0, 0.05) is 39.3 Å². The lowest BCUT2D eigenvalue weighted by atomic mass is 10.1. The Balaban J connectivity index is 1.74. The second-order valence-electron chi connectivity index (χ2n) is 8.91. The predicted molar refractivity (Wildman–Crippen MR) is 127 cm³/mol. The van der Waals surface area contributed by atoms with Gasteiger partial charge in [0.2, 0.25) is 0 Å². The summed E-state index contributed by atoms with van der Waals surface area (Å²) in [7, 11) is 3.50. The Morgan fingerprint density at radius 3 is 2.38 bits per heavy atom. The largest absolute Gasteiger partial charge is 0.444 e. The first-order chi connectivity index (χ1) is 15.1. The molecule has 0 saturated heterocycles. The Labute approximate surface area is 191 Å². The second-order valence-corrected chi connectivity index (χ2v) is 8.91. The van der Waals surface area contributed by atoms with E-state index in [-0.39, 0.29) is 6.09 Å². The molecule has 2 N–H and O–H groups in total. The van der Waals surface area contributed by atoms with Gasteiger partial charge in [-0.25, -0.2) is 4.79 Å². The molecule has 8 heteroatoms. The van der Waals surface area contributed by atoms with E-state index in [4.69, 9.17) is 9.26 Å². The first kappa shape index (κ1) is 25.2. The highest BCUT2D eigenvalue weighted by molar-refractivity contribution is 5.79. The highest BCUT2D eigenvalue weighted by atomic mass is 16.6. The number of benzene rings is 1. The van der Waals surface area contributed by atoms with Gasteiger partial charge in [-0.15, -0.1) is 0 Å². The SMILES string of the molecule is CN=C(NCCCc1c(C)noc1C)NCc1ccc(CN(C)C(=O)OC(C)(C)C)cc1. The number of nitrogens with one attached hydrogen (secondary N) is 2. The molecule has 0 aliphatic rings. The molecule has 1 aromatic carbocycles. The van der Waals surface area contributed by atoms with Crippen molar-refractivity contribution in [3.8, 4) is 0 Å². The number of rotatable bonds is 8. The number of hydrogen-bond acceptors (Lipinski definition) is 5. The fourth-order valence-electron chi connectivity index (χ4n) is 3.18. The van der Waals surface area contributed by atoms with Crippen LogP contribution in [0.1, 0.15) is 55.3 Å². The van der Waals surface area contributed by atoms with Gasteiger partial charge in [0.15, 0.2) is 5.96 Å². The minimum Gasteiger partial charge on any atom is -0.444 e. The van der Waals surface area contributed by atoms with E-state index in [1.807, 2.05) is 46.8 Å². The number of aromatic nitrogens is 1. The van der Waals surface area contributed by atoms with Crippen molar-refractivity contribution in [1.29, 1.82) is 0 Å². The molecule has 2 aromatic rings. The number of amides is 1. The summed E-state index contributed by atoms with van der Waals surface area (Å²) in [6.07, 6.45) is 1.56. The minimum absolute atomic E-state index is 0.326. The maximum Gasteiger partial charge on any atom is 0.410 e. The molecule has 0 radical (unpaired) electrons. The van der Waals surface area contributed by atoms with E-state index in [0.717, 1.165) is 47.9 Å². The van der Waals surface area contributed by atoms with Gasteiger partial charge in [-0.05, 0) is 58.6 Å². The maximum atomic E-state index is 12.1. The van der Waals surface area contributed by atoms with Crippen LogP contribution in [0.5, 0.6) is 0 Å². The molecule has 8 nitrogen and oxygen atoms in total. The summed E-state index contributed by atoms with van der Waals surface area (Å²) in [6, 6.07) is 8.15. The quantitative estimate of drug-likeness (QED) is 0.365. The zero-order valence-electron chi connectivity index (χ0n) is 20.4. The van der Waals surface area contributed by atoms with Crippen molar-refractivity contribution < 1.29 is 14.1 Å². The molecule has 1 amide bonds. The van der Waals surface area contributed by atoms with Gasteiger partial charge in [-0.3, -0.25) is 4.99 Å². The Bertz CT molecular complexity index is 878. The van der Waals surface area contributed by atoms with Crippen molar-refractivity contribution in [1.82, 2.24) is 20.7 Å². The van der Waals surface area contributed by atoms with Gasteiger partial charge in [0.25, 0.3) is 0 Å². The van der Waals surface area contributed by atoms with E-state index in [1.165, 1.54) is 5.56 Å². The van der Waals surface area contributed by atoms with Crippen molar-refractivity contribution in [2.75, 3.05) is 20.6 Å². The van der Waals surface area contributed by atoms with Crippen molar-refractivity contribution in [3.63, 3.8) is 0 Å². The van der Waals surface area contributed by atoms with Crippen molar-refractivity contribution >= 4 is 12.1 Å². The van der Waals surface area contributed by atoms with Crippen LogP contribution >= 0.6 is 0 Å². The van der Waals surface area contributed by atoms with Gasteiger partial charge in [0.05, 0.1) is 5.69 Å². The molecule has 176 valence electrons. The standard InChI is InChI=1S/C24H37N5O3/c1-17-21(18(2)32-28-17)9-8-14-26-22(25-6)27-15-19-10-12-20(13-11-19)16-29(7)23(30)31-24(3,4)5/h10-13H,8-9,14-16H2,1-7H3,(H2,25,26,27). The van der Waals surface area contributed by atoms with Crippen LogP contribution in [0.2, 0.25) is 0 Å². The zero-order chi connectivity index (χ0) is 23.7. The van der Waals surface area contributed by atoms with E-state index in [0.29, 0.717) is 13.1 Å². The van der Waals surface area contributed by atoms with E-state index in [2.05, 4.69) is 32.9 Å². The smallest absolute Gasteiger partial charge is 0.410 e. The van der Waals surface area contributed by atoms with Gasteiger partial charge in [-0.1, -0.05) is 29.4 Å². The number of guanidine groups is 1. The molecule has 0 aliphatic heterocycles. The summed E-state index contributed by atoms with van der Waals surface area (Å²) in [5.74, 6) is 1.66. The maximum absolute atomic E-state index is 12.1. The van der Waals surface area contributed by atoms with Crippen LogP contribution in [-0.2, 0) is 24.2 Å². The van der Waals surface area contributed by atoms with Gasteiger partial charge in [0.1, 0.15) is 11.4 Å². The molecule has 0 saturated carbocycles. The van der Waals surface area contributed by atoms with Gasteiger partial charge >= 0.3 is 6.09 Å². The number of hydrogen-bond donors (Lipinski definition) is 2. The summed E-state index contributed by atoms with van der Waals surface area (Å²) in [5.41, 5.74) is 3.83. The number of carbonyl (C=O) groups is 1. The highest BCUT2D eigenvalue weighted by Gasteiger charge is 2.19. The molecule has 1 aromatic heterocycles. The Hall–Kier alpha value is -3.03. The lowest BCUT2D eigenvalue weighted by Gasteiger charge is -2.24. The number of nitrogens with zero attached hydrogens (tertiary/aromatic N) is 3. The van der Waals surface area contributed by atoms with Gasteiger partial charge < -0.3 is 24.8 Å². The summed E-state index contributed by atoms with van der Waals surface area (Å²) >= 11 is 0. The molecule has 0 fully saturated rings. The molecular formula is C24H37N5O3. The summed E-state index contributed by atoms with van der Waals surface area (Å²) in [4.78, 5) is 18.0. The van der Waals surface area contributed by atoms with Crippen LogP contribution < -0.4 is 10.6 Å². The molecule has 0 spiro atoms. The fourth-order valence-corrected chi connectivity index (χ4v) is 3.18. The molecule has 1 heterocycles. The summed E-state index contributed by atoms with van der Waals surface area (Å²) in [5, 5.41) is 10.7. The minimum atomic E-state index is -0.498. The fraction of sp³-hybridized carbons (Fsp3) is 0.542. The van der Waals surface area contributed by atoms with E-state index in [1.54, 1.807) is 19.0 Å². The van der Waals surface area contributed by atoms with Crippen molar-refractivity contribution in [3.05, 3.63) is 52.4 Å². The summed E-state index contributed by atoms with van der Waals surface area (Å²) < 4.78 is 10.6. The molecule has 32 heavy (non-hydrogen) atoms. The Morgan fingerprint density at radius 2 is 1.81 bits per heavy atom. The number of carbonyl (C=O) groups excluding carboxylic acids is 1. The van der Waals surface area contributed by atoms with E-state index < -0.39 is 5.60 Å². The highest BCUT2D eigenvalue weighted by Crippen LogP contribution is 2.14.